The summed E-state index contributed by atoms with van der Waals surface area (Å²) in [6, 6.07) is 5.44. The van der Waals surface area contributed by atoms with E-state index < -0.39 is 0 Å². The minimum absolute atomic E-state index is 0.00973. The van der Waals surface area contributed by atoms with Crippen molar-refractivity contribution < 1.29 is 14.7 Å². The maximum absolute atomic E-state index is 12.3. The van der Waals surface area contributed by atoms with Crippen molar-refractivity contribution in [2.45, 2.75) is 39.5 Å². The molecule has 1 atom stereocenters. The number of hydrogen-bond acceptors (Lipinski definition) is 4. The first-order valence-corrected chi connectivity index (χ1v) is 8.44. The van der Waals surface area contributed by atoms with Gasteiger partial charge >= 0.3 is 0 Å². The average molecular weight is 321 g/mol. The van der Waals surface area contributed by atoms with Gasteiger partial charge in [-0.05, 0) is 29.0 Å². The van der Waals surface area contributed by atoms with Crippen molar-refractivity contribution in [3.8, 4) is 5.75 Å². The van der Waals surface area contributed by atoms with E-state index in [0.717, 1.165) is 5.56 Å². The fraction of sp³-hybridized carbons (Fsp3) is 0.529. The molecule has 2 rings (SSSR count). The van der Waals surface area contributed by atoms with Gasteiger partial charge in [0.25, 0.3) is 0 Å². The lowest BCUT2D eigenvalue weighted by molar-refractivity contribution is -0.117. The number of carbonyl (C=O) groups excluding carboxylic acids is 2. The van der Waals surface area contributed by atoms with Crippen molar-refractivity contribution in [1.82, 2.24) is 0 Å². The molecular formula is C17H23NO3S. The predicted octanol–water partition coefficient (Wildman–Crippen LogP) is 3.32. The number of phenolic OH excluding ortho intramolecular Hbond substituents is 1. The summed E-state index contributed by atoms with van der Waals surface area (Å²) in [5.41, 5.74) is 1.61. The summed E-state index contributed by atoms with van der Waals surface area (Å²) in [5.74, 6) is 0.938. The Hall–Kier alpha value is -1.49. The van der Waals surface area contributed by atoms with Gasteiger partial charge in [0, 0.05) is 25.6 Å². The lowest BCUT2D eigenvalue weighted by Gasteiger charge is -2.24. The minimum atomic E-state index is -0.0465. The molecule has 1 aromatic rings. The second-order valence-corrected chi connectivity index (χ2v) is 8.03. The van der Waals surface area contributed by atoms with Crippen LogP contribution in [-0.2, 0) is 15.0 Å². The molecule has 1 heterocycles. The summed E-state index contributed by atoms with van der Waals surface area (Å²) >= 11 is 1.26. The molecule has 0 bridgehead atoms. The van der Waals surface area contributed by atoms with E-state index in [1.165, 1.54) is 18.7 Å². The van der Waals surface area contributed by atoms with Crippen molar-refractivity contribution in [2.24, 2.45) is 5.92 Å². The van der Waals surface area contributed by atoms with Crippen LogP contribution in [0.1, 0.15) is 39.7 Å². The molecule has 1 aliphatic rings. The average Bonchev–Trinajstić information content (AvgIpc) is 2.77. The van der Waals surface area contributed by atoms with E-state index in [1.807, 2.05) is 12.1 Å². The van der Waals surface area contributed by atoms with Gasteiger partial charge in [0.1, 0.15) is 5.75 Å². The number of hydrogen-bond donors (Lipinski definition) is 1. The highest BCUT2D eigenvalue weighted by molar-refractivity contribution is 8.13. The van der Waals surface area contributed by atoms with E-state index in [2.05, 4.69) is 20.8 Å². The molecule has 1 N–H and O–H groups in total. The summed E-state index contributed by atoms with van der Waals surface area (Å²) < 4.78 is 0. The molecule has 22 heavy (non-hydrogen) atoms. The van der Waals surface area contributed by atoms with E-state index in [0.29, 0.717) is 24.4 Å². The summed E-state index contributed by atoms with van der Waals surface area (Å²) in [7, 11) is 0. The van der Waals surface area contributed by atoms with Crippen molar-refractivity contribution in [3.05, 3.63) is 23.8 Å². The summed E-state index contributed by atoms with van der Waals surface area (Å²) in [4.78, 5) is 25.0. The maximum atomic E-state index is 12.3. The van der Waals surface area contributed by atoms with E-state index >= 15 is 0 Å². The number of rotatable bonds is 3. The van der Waals surface area contributed by atoms with Crippen LogP contribution in [0.5, 0.6) is 5.75 Å². The molecule has 4 nitrogen and oxygen atoms in total. The number of amides is 1. The lowest BCUT2D eigenvalue weighted by atomic mass is 9.86. The molecule has 1 fully saturated rings. The largest absolute Gasteiger partial charge is 0.506 e. The molecule has 1 saturated heterocycles. The molecule has 0 radical (unpaired) electrons. The Labute approximate surface area is 135 Å². The molecular weight excluding hydrogens is 298 g/mol. The first-order chi connectivity index (χ1) is 10.2. The van der Waals surface area contributed by atoms with Gasteiger partial charge in [-0.2, -0.15) is 0 Å². The van der Waals surface area contributed by atoms with Crippen LogP contribution >= 0.6 is 11.8 Å². The standard InChI is InChI=1S/C17H23NO3S/c1-11(19)22-10-12-7-16(21)18(9-12)14-8-13(17(2,3)4)5-6-15(14)20/h5-6,8,12,20H,7,9-10H2,1-4H3. The Kier molecular flexibility index (Phi) is 4.85. The van der Waals surface area contributed by atoms with Crippen molar-refractivity contribution in [1.29, 1.82) is 0 Å². The molecule has 5 heteroatoms. The van der Waals surface area contributed by atoms with E-state index in [-0.39, 0.29) is 28.1 Å². The minimum Gasteiger partial charge on any atom is -0.506 e. The third-order valence-corrected chi connectivity index (χ3v) is 4.90. The highest BCUT2D eigenvalue weighted by Gasteiger charge is 2.32. The van der Waals surface area contributed by atoms with E-state index in [4.69, 9.17) is 0 Å². The summed E-state index contributed by atoms with van der Waals surface area (Å²) in [6.45, 7) is 8.39. The van der Waals surface area contributed by atoms with E-state index in [1.54, 1.807) is 11.0 Å². The van der Waals surface area contributed by atoms with Gasteiger partial charge in [0.2, 0.25) is 5.91 Å². The van der Waals surface area contributed by atoms with Gasteiger partial charge in [-0.3, -0.25) is 9.59 Å². The number of anilines is 1. The normalized spacial score (nSPS) is 18.8. The van der Waals surface area contributed by atoms with Gasteiger partial charge in [0.15, 0.2) is 5.12 Å². The molecule has 1 amide bonds. The third-order valence-electron chi connectivity index (χ3n) is 3.86. The molecule has 0 aliphatic carbocycles. The number of phenols is 1. The number of nitrogens with zero attached hydrogens (tertiary/aromatic N) is 1. The van der Waals surface area contributed by atoms with Crippen LogP contribution in [0.25, 0.3) is 0 Å². The lowest BCUT2D eigenvalue weighted by Crippen LogP contribution is -2.25. The maximum Gasteiger partial charge on any atom is 0.227 e. The Balaban J connectivity index is 2.21. The van der Waals surface area contributed by atoms with Crippen LogP contribution in [0, 0.1) is 5.92 Å². The van der Waals surface area contributed by atoms with Crippen LogP contribution in [-0.4, -0.2) is 28.4 Å². The van der Waals surface area contributed by atoms with Crippen LogP contribution in [0.2, 0.25) is 0 Å². The quantitative estimate of drug-likeness (QED) is 0.928. The molecule has 120 valence electrons. The predicted molar refractivity (Wildman–Crippen MR) is 90.4 cm³/mol. The van der Waals surface area contributed by atoms with Gasteiger partial charge in [-0.1, -0.05) is 38.6 Å². The number of thioether (sulfide) groups is 1. The molecule has 0 aromatic heterocycles. The van der Waals surface area contributed by atoms with Crippen molar-refractivity contribution in [2.75, 3.05) is 17.2 Å². The zero-order chi connectivity index (χ0) is 16.5. The summed E-state index contributed by atoms with van der Waals surface area (Å²) in [6.07, 6.45) is 0.430. The van der Waals surface area contributed by atoms with Gasteiger partial charge in [0.05, 0.1) is 5.69 Å². The topological polar surface area (TPSA) is 57.6 Å². The van der Waals surface area contributed by atoms with Gasteiger partial charge < -0.3 is 10.0 Å². The van der Waals surface area contributed by atoms with Crippen molar-refractivity contribution in [3.63, 3.8) is 0 Å². The van der Waals surface area contributed by atoms with Crippen molar-refractivity contribution >= 4 is 28.5 Å². The van der Waals surface area contributed by atoms with Crippen LogP contribution in [0.4, 0.5) is 5.69 Å². The zero-order valence-electron chi connectivity index (χ0n) is 13.5. The molecule has 1 aliphatic heterocycles. The fourth-order valence-corrected chi connectivity index (χ4v) is 3.26. The zero-order valence-corrected chi connectivity index (χ0v) is 14.4. The molecule has 0 spiro atoms. The number of carbonyl (C=O) groups is 2. The monoisotopic (exact) mass is 321 g/mol. The molecule has 1 unspecified atom stereocenters. The van der Waals surface area contributed by atoms with Gasteiger partial charge in [-0.15, -0.1) is 0 Å². The molecule has 1 aromatic carbocycles. The molecule has 0 saturated carbocycles. The summed E-state index contributed by atoms with van der Waals surface area (Å²) in [5, 5.41) is 10.2. The van der Waals surface area contributed by atoms with Crippen LogP contribution in [0.15, 0.2) is 18.2 Å². The Morgan fingerprint density at radius 3 is 2.68 bits per heavy atom. The van der Waals surface area contributed by atoms with Gasteiger partial charge in [-0.25, -0.2) is 0 Å². The van der Waals surface area contributed by atoms with E-state index in [9.17, 15) is 14.7 Å². The highest BCUT2D eigenvalue weighted by Crippen LogP contribution is 2.36. The third kappa shape index (κ3) is 3.83. The fourth-order valence-electron chi connectivity index (χ4n) is 2.57. The second kappa shape index (κ2) is 6.32. The first kappa shape index (κ1) is 16.9. The second-order valence-electron chi connectivity index (χ2n) is 6.83. The van der Waals surface area contributed by atoms with Crippen LogP contribution < -0.4 is 4.90 Å². The highest BCUT2D eigenvalue weighted by atomic mass is 32.2. The number of benzene rings is 1. The smallest absolute Gasteiger partial charge is 0.227 e. The Bertz CT molecular complexity index is 592. The Morgan fingerprint density at radius 2 is 2.09 bits per heavy atom. The number of aromatic hydroxyl groups is 1. The van der Waals surface area contributed by atoms with Crippen LogP contribution in [0.3, 0.4) is 0 Å². The first-order valence-electron chi connectivity index (χ1n) is 7.45. The SMILES string of the molecule is CC(=O)SCC1CC(=O)N(c2cc(C(C)(C)C)ccc2O)C1. The Morgan fingerprint density at radius 1 is 1.41 bits per heavy atom.